The number of hydrogen-bond acceptors (Lipinski definition) is 6. The number of benzene rings is 2. The first-order valence-electron chi connectivity index (χ1n) is 11.3. The summed E-state index contributed by atoms with van der Waals surface area (Å²) in [6.07, 6.45) is -1.20. The molecule has 0 saturated carbocycles. The van der Waals surface area contributed by atoms with Crippen molar-refractivity contribution in [2.45, 2.75) is 30.5 Å². The first-order chi connectivity index (χ1) is 16.3. The third-order valence-electron chi connectivity index (χ3n) is 6.16. The average Bonchev–Trinajstić information content (AvgIpc) is 3.39. The van der Waals surface area contributed by atoms with E-state index >= 15 is 0 Å². The molecule has 0 bridgehead atoms. The third-order valence-corrected chi connectivity index (χ3v) is 6.16. The smallest absolute Gasteiger partial charge is 0.407 e. The third kappa shape index (κ3) is 5.05. The number of carbonyl (C=O) groups is 3. The highest BCUT2D eigenvalue weighted by atomic mass is 16.6. The largest absolute Gasteiger partial charge is 0.480 e. The molecule has 1 saturated heterocycles. The van der Waals surface area contributed by atoms with E-state index < -0.39 is 36.2 Å². The summed E-state index contributed by atoms with van der Waals surface area (Å²) >= 11 is 0. The lowest BCUT2D eigenvalue weighted by Crippen LogP contribution is -2.54. The molecule has 34 heavy (non-hydrogen) atoms. The second kappa shape index (κ2) is 10.2. The zero-order valence-corrected chi connectivity index (χ0v) is 19.2. The molecular formula is C25H29N3O6. The lowest BCUT2D eigenvalue weighted by molar-refractivity contribution is -0.144. The maximum atomic E-state index is 12.7. The van der Waals surface area contributed by atoms with E-state index in [0.29, 0.717) is 6.42 Å². The van der Waals surface area contributed by atoms with Gasteiger partial charge in [0, 0.05) is 19.1 Å². The van der Waals surface area contributed by atoms with Gasteiger partial charge in [-0.3, -0.25) is 4.79 Å². The molecule has 2 aliphatic rings. The summed E-state index contributed by atoms with van der Waals surface area (Å²) < 4.78 is 11.1. The van der Waals surface area contributed by atoms with E-state index in [-0.39, 0.29) is 25.7 Å². The van der Waals surface area contributed by atoms with Gasteiger partial charge in [0.05, 0.1) is 6.04 Å². The molecule has 9 heteroatoms. The van der Waals surface area contributed by atoms with Crippen molar-refractivity contribution in [1.29, 1.82) is 0 Å². The average molecular weight is 468 g/mol. The number of carboxylic acid groups (broad SMARTS) is 1. The fourth-order valence-corrected chi connectivity index (χ4v) is 4.59. The Morgan fingerprint density at radius 3 is 2.29 bits per heavy atom. The Morgan fingerprint density at radius 2 is 1.71 bits per heavy atom. The molecular weight excluding hydrogens is 438 g/mol. The molecule has 1 heterocycles. The minimum Gasteiger partial charge on any atom is -0.480 e. The predicted octanol–water partition coefficient (Wildman–Crippen LogP) is 1.81. The molecule has 0 aromatic heterocycles. The van der Waals surface area contributed by atoms with E-state index in [1.54, 1.807) is 19.0 Å². The number of aliphatic carboxylic acids is 1. The summed E-state index contributed by atoms with van der Waals surface area (Å²) in [6, 6.07) is 14.4. The number of likely N-dealkylation sites (N-methyl/N-ethyl adjacent to an activating group) is 1. The van der Waals surface area contributed by atoms with Gasteiger partial charge < -0.3 is 30.1 Å². The monoisotopic (exact) mass is 467 g/mol. The number of fused-ring (bicyclic) bond motifs is 3. The molecule has 3 unspecified atom stereocenters. The fourth-order valence-electron chi connectivity index (χ4n) is 4.59. The molecule has 0 spiro atoms. The topological polar surface area (TPSA) is 117 Å². The molecule has 3 N–H and O–H groups in total. The van der Waals surface area contributed by atoms with Crippen LogP contribution in [0.5, 0.6) is 0 Å². The van der Waals surface area contributed by atoms with Gasteiger partial charge in [0.25, 0.3) is 5.91 Å². The van der Waals surface area contributed by atoms with Crippen molar-refractivity contribution in [2.24, 2.45) is 0 Å². The summed E-state index contributed by atoms with van der Waals surface area (Å²) in [5.41, 5.74) is 4.50. The number of ether oxygens (including phenoxy) is 2. The number of carbonyl (C=O) groups excluding carboxylic acids is 2. The summed E-state index contributed by atoms with van der Waals surface area (Å²) in [5.74, 6) is -1.78. The van der Waals surface area contributed by atoms with E-state index in [4.69, 9.17) is 9.47 Å². The Bertz CT molecular complexity index is 1030. The Hall–Kier alpha value is -3.43. The van der Waals surface area contributed by atoms with E-state index in [9.17, 15) is 19.5 Å². The molecule has 2 aromatic rings. The summed E-state index contributed by atoms with van der Waals surface area (Å²) in [5, 5.41) is 14.6. The van der Waals surface area contributed by atoms with Gasteiger partial charge in [-0.15, -0.1) is 0 Å². The van der Waals surface area contributed by atoms with Crippen molar-refractivity contribution in [2.75, 3.05) is 33.9 Å². The van der Waals surface area contributed by atoms with Gasteiger partial charge in [-0.25, -0.2) is 9.59 Å². The normalized spacial score (nSPS) is 19.9. The predicted molar refractivity (Wildman–Crippen MR) is 124 cm³/mol. The van der Waals surface area contributed by atoms with Gasteiger partial charge >= 0.3 is 12.1 Å². The van der Waals surface area contributed by atoms with Gasteiger partial charge in [-0.1, -0.05) is 48.5 Å². The summed E-state index contributed by atoms with van der Waals surface area (Å²) in [4.78, 5) is 38.4. The second-order valence-electron chi connectivity index (χ2n) is 8.82. The minimum absolute atomic E-state index is 0.0700. The van der Waals surface area contributed by atoms with Crippen molar-refractivity contribution in [3.05, 3.63) is 59.7 Å². The van der Waals surface area contributed by atoms with Gasteiger partial charge in [0.1, 0.15) is 12.6 Å². The van der Waals surface area contributed by atoms with Crippen LogP contribution in [0, 0.1) is 0 Å². The standard InChI is InChI=1S/C25H29N3O6/c1-28(2)13-21(24(30)31)26-23(29)22-20(11-12-33-22)27-25(32)34-14-19-17-9-5-3-7-15(17)16-8-4-6-10-18(16)19/h3-10,19-22H,11-14H2,1-2H3,(H,26,29)(H,27,32)(H,30,31). The highest BCUT2D eigenvalue weighted by Gasteiger charge is 2.38. The van der Waals surface area contributed by atoms with Crippen LogP contribution in [0.4, 0.5) is 4.79 Å². The molecule has 180 valence electrons. The number of nitrogens with one attached hydrogen (secondary N) is 2. The quantitative estimate of drug-likeness (QED) is 0.542. The van der Waals surface area contributed by atoms with Gasteiger partial charge in [-0.2, -0.15) is 0 Å². The number of carboxylic acids is 1. The maximum Gasteiger partial charge on any atom is 0.407 e. The van der Waals surface area contributed by atoms with Crippen LogP contribution in [0.1, 0.15) is 23.5 Å². The Kier molecular flexibility index (Phi) is 7.14. The molecule has 2 aromatic carbocycles. The Labute approximate surface area is 198 Å². The lowest BCUT2D eigenvalue weighted by Gasteiger charge is -2.23. The van der Waals surface area contributed by atoms with Crippen LogP contribution in [-0.2, 0) is 19.1 Å². The molecule has 1 aliphatic heterocycles. The van der Waals surface area contributed by atoms with Crippen LogP contribution >= 0.6 is 0 Å². The van der Waals surface area contributed by atoms with Crippen LogP contribution in [0.15, 0.2) is 48.5 Å². The van der Waals surface area contributed by atoms with Crippen LogP contribution in [0.2, 0.25) is 0 Å². The summed E-state index contributed by atoms with van der Waals surface area (Å²) in [6.45, 7) is 0.574. The number of alkyl carbamates (subject to hydrolysis) is 1. The maximum absolute atomic E-state index is 12.7. The SMILES string of the molecule is CN(C)CC(NC(=O)C1OCCC1NC(=O)OCC1c2ccccc2-c2ccccc21)C(=O)O. The second-order valence-corrected chi connectivity index (χ2v) is 8.82. The molecule has 9 nitrogen and oxygen atoms in total. The van der Waals surface area contributed by atoms with Crippen molar-refractivity contribution >= 4 is 18.0 Å². The number of hydrogen-bond donors (Lipinski definition) is 3. The highest BCUT2D eigenvalue weighted by Crippen LogP contribution is 2.44. The van der Waals surface area contributed by atoms with Crippen molar-refractivity contribution < 1.29 is 29.0 Å². The van der Waals surface area contributed by atoms with E-state index in [0.717, 1.165) is 22.3 Å². The highest BCUT2D eigenvalue weighted by molar-refractivity contribution is 5.87. The van der Waals surface area contributed by atoms with E-state index in [2.05, 4.69) is 22.8 Å². The molecule has 2 amide bonds. The molecule has 1 fully saturated rings. The van der Waals surface area contributed by atoms with Gasteiger partial charge in [0.15, 0.2) is 6.10 Å². The number of amides is 2. The fraction of sp³-hybridized carbons (Fsp3) is 0.400. The van der Waals surface area contributed by atoms with E-state index in [1.807, 2.05) is 36.4 Å². The molecule has 3 atom stereocenters. The first kappa shape index (κ1) is 23.7. The Morgan fingerprint density at radius 1 is 1.09 bits per heavy atom. The Balaban J connectivity index is 1.36. The van der Waals surface area contributed by atoms with Crippen molar-refractivity contribution in [3.8, 4) is 11.1 Å². The van der Waals surface area contributed by atoms with Crippen molar-refractivity contribution in [1.82, 2.24) is 15.5 Å². The van der Waals surface area contributed by atoms with Crippen LogP contribution in [0.3, 0.4) is 0 Å². The molecule has 4 rings (SSSR count). The summed E-state index contributed by atoms with van der Waals surface area (Å²) in [7, 11) is 3.44. The van der Waals surface area contributed by atoms with Gasteiger partial charge in [0.2, 0.25) is 0 Å². The van der Waals surface area contributed by atoms with Crippen LogP contribution in [-0.4, -0.2) is 80.0 Å². The number of nitrogens with zero attached hydrogens (tertiary/aromatic N) is 1. The van der Waals surface area contributed by atoms with Gasteiger partial charge in [-0.05, 0) is 42.8 Å². The zero-order valence-electron chi connectivity index (χ0n) is 19.2. The molecule has 1 aliphatic carbocycles. The van der Waals surface area contributed by atoms with Crippen LogP contribution in [0.25, 0.3) is 11.1 Å². The minimum atomic E-state index is -1.14. The lowest BCUT2D eigenvalue weighted by atomic mass is 9.98. The van der Waals surface area contributed by atoms with Crippen molar-refractivity contribution in [3.63, 3.8) is 0 Å². The molecule has 0 radical (unpaired) electrons. The zero-order chi connectivity index (χ0) is 24.2. The number of rotatable bonds is 8. The van der Waals surface area contributed by atoms with E-state index in [1.165, 1.54) is 0 Å². The first-order valence-corrected chi connectivity index (χ1v) is 11.3. The van der Waals surface area contributed by atoms with Crippen LogP contribution < -0.4 is 10.6 Å².